The average Bonchev–Trinajstić information content (AvgIpc) is 3.11. The number of hydroxylamine groups is 1. The molecule has 8 heteroatoms. The third kappa shape index (κ3) is 5.59. The van der Waals surface area contributed by atoms with Crippen LogP contribution < -0.4 is 15.5 Å². The standard InChI is InChI=1S/C11H16N5O2P.C8H16/c1-19-15-9-7-4-16(5-8(7)9)11-12-2-6(3-13-11)10(17)14-18;1-2-4-6-8-7-5-3-1/h2-3,7-9,15,18-19H,4-5H2,1H3,(H,14,17);1-8H2. The van der Waals surface area contributed by atoms with Crippen molar-refractivity contribution in [2.24, 2.45) is 11.8 Å². The zero-order valence-corrected chi connectivity index (χ0v) is 17.2. The molecule has 4 rings (SSSR count). The van der Waals surface area contributed by atoms with Crippen molar-refractivity contribution in [2.45, 2.75) is 57.4 Å². The Kier molecular flexibility index (Phi) is 7.80. The van der Waals surface area contributed by atoms with Crippen LogP contribution in [-0.2, 0) is 0 Å². The van der Waals surface area contributed by atoms with E-state index in [2.05, 4.69) is 26.6 Å². The van der Waals surface area contributed by atoms with Crippen molar-refractivity contribution >= 4 is 20.6 Å². The molecule has 1 aromatic rings. The number of aromatic nitrogens is 2. The predicted octanol–water partition coefficient (Wildman–Crippen LogP) is 2.96. The fourth-order valence-electron chi connectivity index (χ4n) is 4.15. The van der Waals surface area contributed by atoms with Crippen molar-refractivity contribution in [2.75, 3.05) is 24.7 Å². The van der Waals surface area contributed by atoms with Crippen LogP contribution in [0.2, 0.25) is 0 Å². The van der Waals surface area contributed by atoms with Crippen LogP contribution in [0.4, 0.5) is 5.95 Å². The van der Waals surface area contributed by atoms with E-state index in [0.717, 1.165) is 21.8 Å². The molecule has 1 aromatic heterocycles. The Bertz CT molecular complexity index is 564. The van der Waals surface area contributed by atoms with Crippen LogP contribution in [0.3, 0.4) is 0 Å². The van der Waals surface area contributed by atoms with E-state index in [9.17, 15) is 4.79 Å². The third-order valence-electron chi connectivity index (χ3n) is 5.79. The number of anilines is 1. The maximum Gasteiger partial charge on any atom is 0.277 e. The van der Waals surface area contributed by atoms with Crippen LogP contribution in [0.25, 0.3) is 0 Å². The van der Waals surface area contributed by atoms with E-state index in [0.29, 0.717) is 23.8 Å². The lowest BCUT2D eigenvalue weighted by molar-refractivity contribution is 0.0705. The maximum atomic E-state index is 11.2. The molecule has 0 radical (unpaired) electrons. The fraction of sp³-hybridized carbons (Fsp3) is 0.737. The molecule has 1 aliphatic heterocycles. The first kappa shape index (κ1) is 20.4. The number of carbonyl (C=O) groups excluding carboxylic acids is 1. The molecule has 1 saturated heterocycles. The van der Waals surface area contributed by atoms with Crippen LogP contribution in [0.15, 0.2) is 12.4 Å². The molecule has 0 aromatic carbocycles. The average molecular weight is 393 g/mol. The summed E-state index contributed by atoms with van der Waals surface area (Å²) in [6, 6.07) is 0.666. The van der Waals surface area contributed by atoms with Gasteiger partial charge in [0.25, 0.3) is 5.91 Å². The summed E-state index contributed by atoms with van der Waals surface area (Å²) in [7, 11) is 0.795. The van der Waals surface area contributed by atoms with Gasteiger partial charge in [0.15, 0.2) is 0 Å². The normalized spacial score (nSPS) is 27.3. The number of hydrogen-bond donors (Lipinski definition) is 3. The smallest absolute Gasteiger partial charge is 0.277 e. The van der Waals surface area contributed by atoms with Gasteiger partial charge in [0.2, 0.25) is 5.95 Å². The Balaban J connectivity index is 0.000000221. The summed E-state index contributed by atoms with van der Waals surface area (Å²) in [5, 5.41) is 12.0. The SMILES string of the molecule is C1CCCCCCC1.CPNC1C2CN(c3ncc(C(=O)NO)cn3)CC21. The second kappa shape index (κ2) is 10.3. The van der Waals surface area contributed by atoms with Gasteiger partial charge in [0.1, 0.15) is 0 Å². The number of nitrogens with one attached hydrogen (secondary N) is 2. The van der Waals surface area contributed by atoms with Crippen LogP contribution in [0.5, 0.6) is 0 Å². The second-order valence-electron chi connectivity index (χ2n) is 7.69. The van der Waals surface area contributed by atoms with E-state index in [-0.39, 0.29) is 5.56 Å². The van der Waals surface area contributed by atoms with Crippen LogP contribution >= 0.6 is 8.73 Å². The summed E-state index contributed by atoms with van der Waals surface area (Å²) in [5.41, 5.74) is 1.82. The van der Waals surface area contributed by atoms with Gasteiger partial charge in [-0.3, -0.25) is 15.1 Å². The quantitative estimate of drug-likeness (QED) is 0.414. The van der Waals surface area contributed by atoms with Crippen LogP contribution in [-0.4, -0.2) is 46.9 Å². The molecule has 0 spiro atoms. The highest BCUT2D eigenvalue weighted by Crippen LogP contribution is 2.47. The lowest BCUT2D eigenvalue weighted by Crippen LogP contribution is -2.30. The zero-order chi connectivity index (χ0) is 19.1. The lowest BCUT2D eigenvalue weighted by atomic mass is 10.0. The van der Waals surface area contributed by atoms with E-state index in [1.807, 2.05) is 0 Å². The van der Waals surface area contributed by atoms with Gasteiger partial charge in [-0.05, 0) is 18.5 Å². The first-order valence-electron chi connectivity index (χ1n) is 10.2. The predicted molar refractivity (Wildman–Crippen MR) is 109 cm³/mol. The van der Waals surface area contributed by atoms with Crippen molar-refractivity contribution in [3.8, 4) is 0 Å². The second-order valence-corrected chi connectivity index (χ2v) is 8.48. The summed E-state index contributed by atoms with van der Waals surface area (Å²) in [6.07, 6.45) is 14.9. The molecule has 0 bridgehead atoms. The maximum absolute atomic E-state index is 11.2. The van der Waals surface area contributed by atoms with Gasteiger partial charge in [0, 0.05) is 31.5 Å². The molecule has 3 aliphatic rings. The third-order valence-corrected chi connectivity index (χ3v) is 6.41. The topological polar surface area (TPSA) is 90.4 Å². The van der Waals surface area contributed by atoms with E-state index >= 15 is 0 Å². The molecule has 7 nitrogen and oxygen atoms in total. The molecule has 3 unspecified atom stereocenters. The first-order valence-corrected chi connectivity index (χ1v) is 11.7. The monoisotopic (exact) mass is 393 g/mol. The minimum atomic E-state index is -0.593. The summed E-state index contributed by atoms with van der Waals surface area (Å²) in [4.78, 5) is 21.7. The summed E-state index contributed by atoms with van der Waals surface area (Å²) in [6.45, 7) is 4.09. The van der Waals surface area contributed by atoms with Gasteiger partial charge < -0.3 is 4.90 Å². The lowest BCUT2D eigenvalue weighted by Gasteiger charge is -2.19. The number of piperidine rings is 1. The number of rotatable bonds is 4. The number of amides is 1. The van der Waals surface area contributed by atoms with Crippen molar-refractivity contribution in [1.29, 1.82) is 0 Å². The van der Waals surface area contributed by atoms with Gasteiger partial charge in [0.05, 0.1) is 5.56 Å². The van der Waals surface area contributed by atoms with Crippen LogP contribution in [0, 0.1) is 11.8 Å². The highest BCUT2D eigenvalue weighted by molar-refractivity contribution is 7.34. The number of hydrogen-bond acceptors (Lipinski definition) is 6. The van der Waals surface area contributed by atoms with Crippen LogP contribution in [0.1, 0.15) is 61.7 Å². The largest absolute Gasteiger partial charge is 0.340 e. The zero-order valence-electron chi connectivity index (χ0n) is 16.2. The van der Waals surface area contributed by atoms with E-state index in [1.54, 1.807) is 5.48 Å². The molecule has 27 heavy (non-hydrogen) atoms. The molecule has 150 valence electrons. The van der Waals surface area contributed by atoms with Gasteiger partial charge in [-0.2, -0.15) is 0 Å². The highest BCUT2D eigenvalue weighted by atomic mass is 31.1. The Labute approximate surface area is 163 Å². The van der Waals surface area contributed by atoms with Crippen molar-refractivity contribution in [3.63, 3.8) is 0 Å². The summed E-state index contributed by atoms with van der Waals surface area (Å²) >= 11 is 0. The Morgan fingerprint density at radius 2 is 1.52 bits per heavy atom. The summed E-state index contributed by atoms with van der Waals surface area (Å²) in [5.74, 6) is 1.47. The van der Waals surface area contributed by atoms with Crippen molar-refractivity contribution in [3.05, 3.63) is 18.0 Å². The van der Waals surface area contributed by atoms with E-state index in [1.165, 1.54) is 63.8 Å². The fourth-order valence-corrected chi connectivity index (χ4v) is 4.91. The minimum Gasteiger partial charge on any atom is -0.340 e. The van der Waals surface area contributed by atoms with Gasteiger partial charge in [-0.15, -0.1) is 0 Å². The molecule has 1 amide bonds. The number of nitrogens with zero attached hydrogens (tertiary/aromatic N) is 3. The minimum absolute atomic E-state index is 0.252. The molecular formula is C19H32N5O2P. The molecule has 3 fully saturated rings. The molecular weight excluding hydrogens is 361 g/mol. The Morgan fingerprint density at radius 3 is 1.93 bits per heavy atom. The first-order chi connectivity index (χ1) is 13.2. The number of fused-ring (bicyclic) bond motifs is 1. The summed E-state index contributed by atoms with van der Waals surface area (Å²) < 4.78 is 0. The Hall–Kier alpha value is -1.30. The van der Waals surface area contributed by atoms with Gasteiger partial charge in [-0.25, -0.2) is 15.4 Å². The molecule has 2 saturated carbocycles. The molecule has 3 N–H and O–H groups in total. The number of carbonyl (C=O) groups is 1. The van der Waals surface area contributed by atoms with Gasteiger partial charge >= 0.3 is 0 Å². The van der Waals surface area contributed by atoms with E-state index < -0.39 is 5.91 Å². The molecule has 3 atom stereocenters. The Morgan fingerprint density at radius 1 is 1.04 bits per heavy atom. The van der Waals surface area contributed by atoms with Gasteiger partial charge in [-0.1, -0.05) is 60.1 Å². The van der Waals surface area contributed by atoms with Crippen molar-refractivity contribution in [1.82, 2.24) is 20.5 Å². The van der Waals surface area contributed by atoms with E-state index in [4.69, 9.17) is 5.21 Å². The highest BCUT2D eigenvalue weighted by Gasteiger charge is 2.55. The molecule has 2 aliphatic carbocycles. The van der Waals surface area contributed by atoms with Crippen molar-refractivity contribution < 1.29 is 10.0 Å². The molecule has 2 heterocycles.